The maximum absolute atomic E-state index is 12.5. The Morgan fingerprint density at radius 3 is 2.21 bits per heavy atom. The highest BCUT2D eigenvalue weighted by Gasteiger charge is 2.26. The fourth-order valence-corrected chi connectivity index (χ4v) is 3.04. The van der Waals surface area contributed by atoms with Crippen LogP contribution in [0.5, 0.6) is 0 Å². The van der Waals surface area contributed by atoms with Gasteiger partial charge in [0.1, 0.15) is 0 Å². The molecule has 1 amide bonds. The summed E-state index contributed by atoms with van der Waals surface area (Å²) in [5.74, 6) is -4.84. The van der Waals surface area contributed by atoms with Crippen molar-refractivity contribution in [3.63, 3.8) is 0 Å². The quantitative estimate of drug-likeness (QED) is 0.675. The Morgan fingerprint density at radius 1 is 1.04 bits per heavy atom. The molecule has 0 aliphatic heterocycles. The van der Waals surface area contributed by atoms with E-state index in [-0.39, 0.29) is 11.5 Å². The van der Waals surface area contributed by atoms with E-state index >= 15 is 0 Å². The monoisotopic (exact) mass is 411 g/mol. The standard InChI is InChI=1S/C19H19F2NO5S/c1-13(14-5-3-2-4-6-14)11-22-17(23)12-27-18(24)15-7-9-16(10-8-15)28(25,26)19(20)21/h2-10,13,19H,11-12H2,1H3,(H,22,23)/t13-/m1/s1. The van der Waals surface area contributed by atoms with E-state index in [0.29, 0.717) is 6.54 Å². The summed E-state index contributed by atoms with van der Waals surface area (Å²) in [7, 11) is -4.73. The van der Waals surface area contributed by atoms with E-state index in [1.54, 1.807) is 0 Å². The minimum absolute atomic E-state index is 0.0568. The lowest BCUT2D eigenvalue weighted by molar-refractivity contribution is -0.124. The SMILES string of the molecule is C[C@H](CNC(=O)COC(=O)c1ccc(S(=O)(=O)C(F)F)cc1)c1ccccc1. The van der Waals surface area contributed by atoms with Crippen molar-refractivity contribution in [3.8, 4) is 0 Å². The molecule has 0 aromatic heterocycles. The van der Waals surface area contributed by atoms with Crippen molar-refractivity contribution in [3.05, 3.63) is 65.7 Å². The van der Waals surface area contributed by atoms with Crippen LogP contribution < -0.4 is 5.32 Å². The van der Waals surface area contributed by atoms with Crippen LogP contribution in [0, 0.1) is 0 Å². The molecule has 0 spiro atoms. The zero-order chi connectivity index (χ0) is 20.7. The normalized spacial score (nSPS) is 12.4. The molecule has 6 nitrogen and oxygen atoms in total. The van der Waals surface area contributed by atoms with E-state index in [4.69, 9.17) is 4.74 Å². The van der Waals surface area contributed by atoms with Crippen LogP contribution in [-0.2, 0) is 19.4 Å². The minimum Gasteiger partial charge on any atom is -0.452 e. The summed E-state index contributed by atoms with van der Waals surface area (Å²) >= 11 is 0. The molecule has 150 valence electrons. The van der Waals surface area contributed by atoms with E-state index in [0.717, 1.165) is 29.8 Å². The number of ether oxygens (including phenoxy) is 1. The van der Waals surface area contributed by atoms with Crippen molar-refractivity contribution in [1.29, 1.82) is 0 Å². The number of halogens is 2. The lowest BCUT2D eigenvalue weighted by atomic mass is 10.0. The summed E-state index contributed by atoms with van der Waals surface area (Å²) in [6, 6.07) is 13.4. The van der Waals surface area contributed by atoms with Gasteiger partial charge in [0.25, 0.3) is 5.91 Å². The van der Waals surface area contributed by atoms with Gasteiger partial charge in [-0.15, -0.1) is 0 Å². The van der Waals surface area contributed by atoms with Crippen molar-refractivity contribution in [2.45, 2.75) is 23.5 Å². The summed E-state index contributed by atoms with van der Waals surface area (Å²) in [5.41, 5.74) is 0.998. The molecular weight excluding hydrogens is 392 g/mol. The second kappa shape index (κ2) is 9.41. The molecule has 0 bridgehead atoms. The first kappa shape index (κ1) is 21.5. The molecule has 0 heterocycles. The van der Waals surface area contributed by atoms with Crippen molar-refractivity contribution in [1.82, 2.24) is 5.32 Å². The zero-order valence-corrected chi connectivity index (χ0v) is 15.8. The number of rotatable bonds is 8. The molecule has 9 heteroatoms. The number of hydrogen-bond acceptors (Lipinski definition) is 5. The van der Waals surface area contributed by atoms with Crippen LogP contribution >= 0.6 is 0 Å². The second-order valence-electron chi connectivity index (χ2n) is 6.02. The van der Waals surface area contributed by atoms with Crippen molar-refractivity contribution in [2.24, 2.45) is 0 Å². The number of nitrogens with one attached hydrogen (secondary N) is 1. The number of alkyl halides is 2. The molecule has 0 radical (unpaired) electrons. The van der Waals surface area contributed by atoms with Gasteiger partial charge < -0.3 is 10.1 Å². The first-order chi connectivity index (χ1) is 13.2. The fraction of sp³-hybridized carbons (Fsp3) is 0.263. The first-order valence-electron chi connectivity index (χ1n) is 8.32. The summed E-state index contributed by atoms with van der Waals surface area (Å²) in [6.07, 6.45) is 0. The van der Waals surface area contributed by atoms with E-state index < -0.39 is 39.0 Å². The number of carbonyl (C=O) groups is 2. The molecule has 1 atom stereocenters. The van der Waals surface area contributed by atoms with Crippen LogP contribution in [0.3, 0.4) is 0 Å². The minimum atomic E-state index is -4.73. The topological polar surface area (TPSA) is 89.5 Å². The Bertz CT molecular complexity index is 915. The maximum Gasteiger partial charge on any atom is 0.341 e. The fourth-order valence-electron chi connectivity index (χ4n) is 2.32. The van der Waals surface area contributed by atoms with Gasteiger partial charge in [0.2, 0.25) is 9.84 Å². The van der Waals surface area contributed by atoms with Gasteiger partial charge in [-0.1, -0.05) is 37.3 Å². The van der Waals surface area contributed by atoms with Gasteiger partial charge in [-0.3, -0.25) is 4.79 Å². The van der Waals surface area contributed by atoms with Gasteiger partial charge in [0.05, 0.1) is 10.5 Å². The highest BCUT2D eigenvalue weighted by Crippen LogP contribution is 2.19. The lowest BCUT2D eigenvalue weighted by Gasteiger charge is -2.13. The van der Waals surface area contributed by atoms with Gasteiger partial charge in [-0.25, -0.2) is 13.2 Å². The summed E-state index contributed by atoms with van der Waals surface area (Å²) in [5, 5.41) is 2.65. The van der Waals surface area contributed by atoms with E-state index in [1.165, 1.54) is 0 Å². The predicted molar refractivity (Wildman–Crippen MR) is 97.8 cm³/mol. The van der Waals surface area contributed by atoms with Crippen LogP contribution in [0.4, 0.5) is 8.78 Å². The molecular formula is C19H19F2NO5S. The van der Waals surface area contributed by atoms with E-state index in [2.05, 4.69) is 5.32 Å². The van der Waals surface area contributed by atoms with Gasteiger partial charge in [-0.2, -0.15) is 8.78 Å². The summed E-state index contributed by atoms with van der Waals surface area (Å²) in [4.78, 5) is 23.1. The summed E-state index contributed by atoms with van der Waals surface area (Å²) < 4.78 is 52.5. The highest BCUT2D eigenvalue weighted by atomic mass is 32.2. The number of carbonyl (C=O) groups excluding carboxylic acids is 2. The summed E-state index contributed by atoms with van der Waals surface area (Å²) in [6.45, 7) is 1.79. The van der Waals surface area contributed by atoms with E-state index in [1.807, 2.05) is 37.3 Å². The Hall–Kier alpha value is -2.81. The van der Waals surface area contributed by atoms with Crippen LogP contribution in [0.15, 0.2) is 59.5 Å². The Balaban J connectivity index is 1.84. The van der Waals surface area contributed by atoms with Crippen molar-refractivity contribution in [2.75, 3.05) is 13.2 Å². The van der Waals surface area contributed by atoms with Crippen LogP contribution in [0.25, 0.3) is 0 Å². The number of amides is 1. The Kier molecular flexibility index (Phi) is 7.22. The zero-order valence-electron chi connectivity index (χ0n) is 15.0. The van der Waals surface area contributed by atoms with Gasteiger partial charge in [0, 0.05) is 6.54 Å². The molecule has 28 heavy (non-hydrogen) atoms. The average Bonchev–Trinajstić information content (AvgIpc) is 2.70. The smallest absolute Gasteiger partial charge is 0.341 e. The molecule has 1 N–H and O–H groups in total. The van der Waals surface area contributed by atoms with Crippen LogP contribution in [0.2, 0.25) is 0 Å². The number of sulfone groups is 1. The molecule has 0 aliphatic carbocycles. The molecule has 2 rings (SSSR count). The molecule has 0 saturated heterocycles. The Labute approximate surface area is 161 Å². The molecule has 0 saturated carbocycles. The molecule has 0 aliphatic rings. The Morgan fingerprint density at radius 2 is 1.64 bits per heavy atom. The number of benzene rings is 2. The number of esters is 1. The molecule has 0 unspecified atom stereocenters. The van der Waals surface area contributed by atoms with Crippen molar-refractivity contribution >= 4 is 21.7 Å². The second-order valence-corrected chi connectivity index (χ2v) is 7.94. The van der Waals surface area contributed by atoms with Gasteiger partial charge in [0.15, 0.2) is 6.61 Å². The first-order valence-corrected chi connectivity index (χ1v) is 9.87. The third-order valence-electron chi connectivity index (χ3n) is 3.96. The molecule has 2 aromatic rings. The molecule has 2 aromatic carbocycles. The predicted octanol–water partition coefficient (Wildman–Crippen LogP) is 2.76. The maximum atomic E-state index is 12.5. The highest BCUT2D eigenvalue weighted by molar-refractivity contribution is 7.91. The van der Waals surface area contributed by atoms with Gasteiger partial charge in [-0.05, 0) is 35.7 Å². The van der Waals surface area contributed by atoms with Crippen LogP contribution in [0.1, 0.15) is 28.8 Å². The molecule has 0 fully saturated rings. The van der Waals surface area contributed by atoms with Crippen LogP contribution in [-0.4, -0.2) is 39.2 Å². The largest absolute Gasteiger partial charge is 0.452 e. The van der Waals surface area contributed by atoms with Gasteiger partial charge >= 0.3 is 11.7 Å². The number of hydrogen-bond donors (Lipinski definition) is 1. The van der Waals surface area contributed by atoms with E-state index in [9.17, 15) is 26.8 Å². The lowest BCUT2D eigenvalue weighted by Crippen LogP contribution is -2.31. The average molecular weight is 411 g/mol. The van der Waals surface area contributed by atoms with Crippen molar-refractivity contribution < 1.29 is 31.5 Å². The third-order valence-corrected chi connectivity index (χ3v) is 5.36. The third kappa shape index (κ3) is 5.59.